The van der Waals surface area contributed by atoms with Gasteiger partial charge in [0.1, 0.15) is 5.69 Å². The Balaban J connectivity index is 1.41. The maximum Gasteiger partial charge on any atom is 0.275 e. The Morgan fingerprint density at radius 3 is 2.28 bits per heavy atom. The SMILES string of the molecule is O=C(c1ccccc1)N1C[C@@H]2C[C@H](C1)c1ccc(NS(=O)(=O)c3ccccc3)c(=O)n1C2. The molecule has 0 radical (unpaired) electrons. The van der Waals surface area contributed by atoms with Crippen LogP contribution in [0.2, 0.25) is 0 Å². The molecule has 0 saturated carbocycles. The second-order valence-corrected chi connectivity index (χ2v) is 10.1. The summed E-state index contributed by atoms with van der Waals surface area (Å²) in [7, 11) is -3.85. The summed E-state index contributed by atoms with van der Waals surface area (Å²) in [6.07, 6.45) is 0.910. The van der Waals surface area contributed by atoms with E-state index in [0.717, 1.165) is 12.1 Å². The number of likely N-dealkylation sites (tertiary alicyclic amines) is 1. The second-order valence-electron chi connectivity index (χ2n) is 8.38. The molecular weight excluding hydrogens is 426 g/mol. The Hall–Kier alpha value is -3.39. The second kappa shape index (κ2) is 7.94. The van der Waals surface area contributed by atoms with Crippen LogP contribution in [0.25, 0.3) is 0 Å². The van der Waals surface area contributed by atoms with Crippen molar-refractivity contribution in [2.45, 2.75) is 23.8 Å². The van der Waals surface area contributed by atoms with Gasteiger partial charge in [-0.1, -0.05) is 36.4 Å². The first-order valence-electron chi connectivity index (χ1n) is 10.6. The fourth-order valence-corrected chi connectivity index (χ4v) is 5.83. The molecule has 1 N–H and O–H groups in total. The minimum atomic E-state index is -3.85. The van der Waals surface area contributed by atoms with Crippen molar-refractivity contribution in [3.8, 4) is 0 Å². The molecule has 2 aromatic carbocycles. The van der Waals surface area contributed by atoms with E-state index in [2.05, 4.69) is 4.72 Å². The minimum Gasteiger partial charge on any atom is -0.338 e. The van der Waals surface area contributed by atoms with Gasteiger partial charge in [-0.05, 0) is 48.7 Å². The normalized spacial score (nSPS) is 19.8. The third kappa shape index (κ3) is 3.71. The smallest absolute Gasteiger partial charge is 0.275 e. The molecule has 5 rings (SSSR count). The summed E-state index contributed by atoms with van der Waals surface area (Å²) in [4.78, 5) is 28.1. The average molecular weight is 450 g/mol. The molecule has 2 aliphatic rings. The summed E-state index contributed by atoms with van der Waals surface area (Å²) in [6, 6.07) is 20.5. The summed E-state index contributed by atoms with van der Waals surface area (Å²) in [5, 5.41) is 0. The highest BCUT2D eigenvalue weighted by molar-refractivity contribution is 7.92. The van der Waals surface area contributed by atoms with Gasteiger partial charge in [-0.3, -0.25) is 14.3 Å². The number of piperidine rings is 1. The van der Waals surface area contributed by atoms with E-state index in [1.165, 1.54) is 18.2 Å². The van der Waals surface area contributed by atoms with Gasteiger partial charge in [-0.15, -0.1) is 0 Å². The molecule has 3 aromatic rings. The van der Waals surface area contributed by atoms with Gasteiger partial charge < -0.3 is 9.47 Å². The predicted molar refractivity (Wildman–Crippen MR) is 121 cm³/mol. The molecule has 164 valence electrons. The van der Waals surface area contributed by atoms with Crippen LogP contribution in [0.15, 0.2) is 82.5 Å². The van der Waals surface area contributed by atoms with Crippen molar-refractivity contribution in [2.75, 3.05) is 17.8 Å². The zero-order valence-corrected chi connectivity index (χ0v) is 18.2. The summed E-state index contributed by atoms with van der Waals surface area (Å²) < 4.78 is 29.4. The first kappa shape index (κ1) is 20.5. The molecule has 0 spiro atoms. The number of amides is 1. The standard InChI is InChI=1S/C24H23N3O4S/c28-23(18-7-3-1-4-8-18)26-14-17-13-19(16-26)22-12-11-21(24(29)27(22)15-17)25-32(30,31)20-9-5-2-6-10-20/h1-12,17,19,25H,13-16H2/t17-,19+/m0/s1. The molecule has 32 heavy (non-hydrogen) atoms. The quantitative estimate of drug-likeness (QED) is 0.663. The van der Waals surface area contributed by atoms with Crippen molar-refractivity contribution >= 4 is 21.6 Å². The van der Waals surface area contributed by atoms with Crippen molar-refractivity contribution in [3.05, 3.63) is 94.4 Å². The maximum absolute atomic E-state index is 13.1. The maximum atomic E-state index is 13.1. The lowest BCUT2D eigenvalue weighted by Gasteiger charge is -2.43. The highest BCUT2D eigenvalue weighted by Crippen LogP contribution is 2.36. The Kier molecular flexibility index (Phi) is 5.09. The molecule has 0 aliphatic carbocycles. The van der Waals surface area contributed by atoms with Crippen LogP contribution in [0.4, 0.5) is 5.69 Å². The van der Waals surface area contributed by atoms with Crippen molar-refractivity contribution < 1.29 is 13.2 Å². The molecule has 1 fully saturated rings. The number of hydrogen-bond donors (Lipinski definition) is 1. The van der Waals surface area contributed by atoms with Gasteiger partial charge in [0.05, 0.1) is 4.90 Å². The number of nitrogens with zero attached hydrogens (tertiary/aromatic N) is 2. The molecule has 2 atom stereocenters. The van der Waals surface area contributed by atoms with Crippen LogP contribution in [-0.4, -0.2) is 36.9 Å². The van der Waals surface area contributed by atoms with E-state index in [9.17, 15) is 18.0 Å². The lowest BCUT2D eigenvalue weighted by atomic mass is 9.83. The van der Waals surface area contributed by atoms with Gasteiger partial charge in [-0.2, -0.15) is 0 Å². The molecule has 8 heteroatoms. The zero-order valence-electron chi connectivity index (χ0n) is 17.3. The fraction of sp³-hybridized carbons (Fsp3) is 0.250. The van der Waals surface area contributed by atoms with Gasteiger partial charge in [0.25, 0.3) is 21.5 Å². The molecular formula is C24H23N3O4S. The summed E-state index contributed by atoms with van der Waals surface area (Å²) in [5.41, 5.74) is 1.20. The molecule has 2 aliphatic heterocycles. The highest BCUT2D eigenvalue weighted by atomic mass is 32.2. The summed E-state index contributed by atoms with van der Waals surface area (Å²) in [5.74, 6) is 0.193. The van der Waals surface area contributed by atoms with Gasteiger partial charge in [0, 0.05) is 36.8 Å². The average Bonchev–Trinajstić information content (AvgIpc) is 2.81. The highest BCUT2D eigenvalue weighted by Gasteiger charge is 2.37. The fourth-order valence-electron chi connectivity index (χ4n) is 4.76. The lowest BCUT2D eigenvalue weighted by molar-refractivity contribution is 0.0594. The Morgan fingerprint density at radius 2 is 1.56 bits per heavy atom. The molecule has 1 amide bonds. The number of rotatable bonds is 4. The number of carbonyl (C=O) groups is 1. The Labute approximate surface area is 186 Å². The van der Waals surface area contributed by atoms with E-state index in [-0.39, 0.29) is 33.9 Å². The molecule has 2 bridgehead atoms. The minimum absolute atomic E-state index is 0.00309. The van der Waals surface area contributed by atoms with Crippen molar-refractivity contribution in [2.24, 2.45) is 5.92 Å². The van der Waals surface area contributed by atoms with Crippen LogP contribution in [0.5, 0.6) is 0 Å². The number of anilines is 1. The molecule has 1 saturated heterocycles. The van der Waals surface area contributed by atoms with E-state index < -0.39 is 10.0 Å². The lowest BCUT2D eigenvalue weighted by Crippen LogP contribution is -2.49. The number of pyridine rings is 1. The van der Waals surface area contributed by atoms with Crippen molar-refractivity contribution in [1.82, 2.24) is 9.47 Å². The van der Waals surface area contributed by atoms with E-state index in [1.54, 1.807) is 22.8 Å². The van der Waals surface area contributed by atoms with Crippen molar-refractivity contribution in [3.63, 3.8) is 0 Å². The van der Waals surface area contributed by atoms with Gasteiger partial charge in [-0.25, -0.2) is 8.42 Å². The van der Waals surface area contributed by atoms with E-state index in [1.807, 2.05) is 41.3 Å². The Morgan fingerprint density at radius 1 is 0.875 bits per heavy atom. The van der Waals surface area contributed by atoms with Crippen molar-refractivity contribution in [1.29, 1.82) is 0 Å². The van der Waals surface area contributed by atoms with Crippen LogP contribution in [0.1, 0.15) is 28.4 Å². The molecule has 0 unspecified atom stereocenters. The van der Waals surface area contributed by atoms with Crippen LogP contribution < -0.4 is 10.3 Å². The molecule has 1 aromatic heterocycles. The van der Waals surface area contributed by atoms with Gasteiger partial charge in [0.2, 0.25) is 0 Å². The topological polar surface area (TPSA) is 88.5 Å². The summed E-state index contributed by atoms with van der Waals surface area (Å²) >= 11 is 0. The van der Waals surface area contributed by atoms with Gasteiger partial charge in [0.15, 0.2) is 0 Å². The Bertz CT molecular complexity index is 1320. The predicted octanol–water partition coefficient (Wildman–Crippen LogP) is 2.91. The van der Waals surface area contributed by atoms with Crippen LogP contribution >= 0.6 is 0 Å². The third-order valence-electron chi connectivity index (χ3n) is 6.21. The number of sulfonamides is 1. The first-order chi connectivity index (χ1) is 15.4. The van der Waals surface area contributed by atoms with Crippen LogP contribution in [-0.2, 0) is 16.6 Å². The first-order valence-corrected chi connectivity index (χ1v) is 12.1. The van der Waals surface area contributed by atoms with E-state index >= 15 is 0 Å². The monoisotopic (exact) mass is 449 g/mol. The third-order valence-corrected chi connectivity index (χ3v) is 7.59. The van der Waals surface area contributed by atoms with E-state index in [0.29, 0.717) is 25.2 Å². The number of aromatic nitrogens is 1. The van der Waals surface area contributed by atoms with Crippen LogP contribution in [0.3, 0.4) is 0 Å². The number of hydrogen-bond acceptors (Lipinski definition) is 4. The summed E-state index contributed by atoms with van der Waals surface area (Å²) in [6.45, 7) is 1.58. The number of fused-ring (bicyclic) bond motifs is 4. The zero-order chi connectivity index (χ0) is 22.3. The number of benzene rings is 2. The number of carbonyl (C=O) groups excluding carboxylic acids is 1. The van der Waals surface area contributed by atoms with E-state index in [4.69, 9.17) is 0 Å². The molecule has 7 nitrogen and oxygen atoms in total. The largest absolute Gasteiger partial charge is 0.338 e. The number of nitrogens with one attached hydrogen (secondary N) is 1. The van der Waals surface area contributed by atoms with Gasteiger partial charge >= 0.3 is 0 Å². The molecule has 3 heterocycles. The van der Waals surface area contributed by atoms with Crippen LogP contribution in [0, 0.1) is 5.92 Å².